The lowest BCUT2D eigenvalue weighted by Gasteiger charge is -2.27. The minimum absolute atomic E-state index is 0.383. The molecule has 10 heavy (non-hydrogen) atoms. The molecule has 0 radical (unpaired) electrons. The molecule has 1 heteroatoms. The quantitative estimate of drug-likeness (QED) is 0.555. The lowest BCUT2D eigenvalue weighted by molar-refractivity contribution is 0.216. The van der Waals surface area contributed by atoms with Crippen molar-refractivity contribution in [2.45, 2.75) is 32.6 Å². The predicted molar refractivity (Wildman–Crippen MR) is 42.9 cm³/mol. The van der Waals surface area contributed by atoms with E-state index < -0.39 is 0 Å². The second kappa shape index (κ2) is 3.09. The molecule has 0 aromatic heterocycles. The largest absolute Gasteiger partial charge is 0.513 e. The van der Waals surface area contributed by atoms with Crippen LogP contribution in [0.2, 0.25) is 0 Å². The van der Waals surface area contributed by atoms with Crippen LogP contribution in [-0.4, -0.2) is 5.11 Å². The normalized spacial score (nSPS) is 33.7. The third-order valence-electron chi connectivity index (χ3n) is 2.54. The molecule has 0 amide bonds. The molecule has 1 nitrogen and oxygen atoms in total. The molecule has 0 aliphatic heterocycles. The molecule has 1 aliphatic rings. The Morgan fingerprint density at radius 3 is 2.40 bits per heavy atom. The summed E-state index contributed by atoms with van der Waals surface area (Å²) in [5, 5.41) is 9.15. The summed E-state index contributed by atoms with van der Waals surface area (Å²) in [7, 11) is 0. The Balaban J connectivity index is 2.47. The number of rotatable bonds is 1. The maximum absolute atomic E-state index is 9.15. The van der Waals surface area contributed by atoms with Gasteiger partial charge >= 0.3 is 0 Å². The van der Waals surface area contributed by atoms with Crippen LogP contribution < -0.4 is 0 Å². The van der Waals surface area contributed by atoms with Gasteiger partial charge in [-0.15, -0.1) is 0 Å². The standard InChI is InChI=1S/C9H16O/c1-7-5-3-4-6-9(7)8(2)10/h7,9-10H,2-6H2,1H3. The van der Waals surface area contributed by atoms with Crippen molar-refractivity contribution in [1.82, 2.24) is 0 Å². The predicted octanol–water partition coefficient (Wildman–Crippen LogP) is 2.88. The number of hydrogen-bond acceptors (Lipinski definition) is 1. The van der Waals surface area contributed by atoms with Gasteiger partial charge in [-0.2, -0.15) is 0 Å². The molecule has 2 unspecified atom stereocenters. The zero-order chi connectivity index (χ0) is 7.56. The first-order valence-electron chi connectivity index (χ1n) is 4.09. The zero-order valence-electron chi connectivity index (χ0n) is 6.64. The first-order chi connectivity index (χ1) is 4.72. The van der Waals surface area contributed by atoms with Crippen molar-refractivity contribution in [3.63, 3.8) is 0 Å². The molecule has 1 N–H and O–H groups in total. The van der Waals surface area contributed by atoms with Crippen molar-refractivity contribution in [3.8, 4) is 0 Å². The van der Waals surface area contributed by atoms with E-state index in [4.69, 9.17) is 5.11 Å². The van der Waals surface area contributed by atoms with E-state index in [1.807, 2.05) is 0 Å². The van der Waals surface area contributed by atoms with Gasteiger partial charge in [0.15, 0.2) is 0 Å². The van der Waals surface area contributed by atoms with Gasteiger partial charge in [-0.3, -0.25) is 0 Å². The summed E-state index contributed by atoms with van der Waals surface area (Å²) in [4.78, 5) is 0. The maximum Gasteiger partial charge on any atom is 0.0884 e. The van der Waals surface area contributed by atoms with E-state index in [9.17, 15) is 0 Å². The van der Waals surface area contributed by atoms with Crippen LogP contribution in [0.3, 0.4) is 0 Å². The zero-order valence-corrected chi connectivity index (χ0v) is 6.64. The molecule has 0 bridgehead atoms. The van der Waals surface area contributed by atoms with Gasteiger partial charge < -0.3 is 5.11 Å². The Morgan fingerprint density at radius 1 is 1.40 bits per heavy atom. The van der Waals surface area contributed by atoms with E-state index in [-0.39, 0.29) is 0 Å². The van der Waals surface area contributed by atoms with Gasteiger partial charge in [0.25, 0.3) is 0 Å². The third kappa shape index (κ3) is 1.53. The molecule has 1 rings (SSSR count). The lowest BCUT2D eigenvalue weighted by atomic mass is 9.80. The molecular formula is C9H16O. The summed E-state index contributed by atoms with van der Waals surface area (Å²) < 4.78 is 0. The Labute approximate surface area is 62.8 Å². The molecule has 0 aromatic rings. The monoisotopic (exact) mass is 140 g/mol. The second-order valence-electron chi connectivity index (χ2n) is 3.36. The van der Waals surface area contributed by atoms with Crippen molar-refractivity contribution in [3.05, 3.63) is 12.3 Å². The number of hydrogen-bond donors (Lipinski definition) is 1. The fourth-order valence-corrected chi connectivity index (χ4v) is 1.81. The summed E-state index contributed by atoms with van der Waals surface area (Å²) >= 11 is 0. The van der Waals surface area contributed by atoms with Crippen molar-refractivity contribution < 1.29 is 5.11 Å². The van der Waals surface area contributed by atoms with Gasteiger partial charge in [-0.1, -0.05) is 32.8 Å². The van der Waals surface area contributed by atoms with Crippen LogP contribution in [0.25, 0.3) is 0 Å². The second-order valence-corrected chi connectivity index (χ2v) is 3.36. The number of aliphatic hydroxyl groups excluding tert-OH is 1. The number of allylic oxidation sites excluding steroid dienone is 1. The molecule has 1 fully saturated rings. The van der Waals surface area contributed by atoms with Crippen molar-refractivity contribution in [2.24, 2.45) is 11.8 Å². The van der Waals surface area contributed by atoms with Crippen molar-refractivity contribution in [1.29, 1.82) is 0 Å². The third-order valence-corrected chi connectivity index (χ3v) is 2.54. The molecule has 1 saturated carbocycles. The van der Waals surface area contributed by atoms with Gasteiger partial charge in [0.1, 0.15) is 0 Å². The van der Waals surface area contributed by atoms with Crippen LogP contribution in [0.4, 0.5) is 0 Å². The summed E-state index contributed by atoms with van der Waals surface area (Å²) in [5.74, 6) is 1.42. The Bertz CT molecular complexity index is 129. The van der Waals surface area contributed by atoms with E-state index in [0.717, 1.165) is 6.42 Å². The highest BCUT2D eigenvalue weighted by Gasteiger charge is 2.22. The van der Waals surface area contributed by atoms with Crippen LogP contribution in [0.1, 0.15) is 32.6 Å². The van der Waals surface area contributed by atoms with E-state index >= 15 is 0 Å². The van der Waals surface area contributed by atoms with E-state index in [0.29, 0.717) is 17.6 Å². The lowest BCUT2D eigenvalue weighted by Crippen LogP contribution is -2.17. The Hall–Kier alpha value is -0.460. The Kier molecular flexibility index (Phi) is 2.36. The van der Waals surface area contributed by atoms with Gasteiger partial charge in [-0.25, -0.2) is 0 Å². The van der Waals surface area contributed by atoms with Crippen molar-refractivity contribution in [2.75, 3.05) is 0 Å². The highest BCUT2D eigenvalue weighted by atomic mass is 16.3. The Morgan fingerprint density at radius 2 is 2.00 bits per heavy atom. The minimum atomic E-state index is 0.383. The maximum atomic E-state index is 9.15. The minimum Gasteiger partial charge on any atom is -0.513 e. The summed E-state index contributed by atoms with van der Waals surface area (Å²) in [6.45, 7) is 5.78. The number of aliphatic hydroxyl groups is 1. The van der Waals surface area contributed by atoms with Gasteiger partial charge in [-0.05, 0) is 12.3 Å². The molecule has 2 atom stereocenters. The smallest absolute Gasteiger partial charge is 0.0884 e. The van der Waals surface area contributed by atoms with Crippen LogP contribution in [0.5, 0.6) is 0 Å². The van der Waals surface area contributed by atoms with Gasteiger partial charge in [0.05, 0.1) is 5.76 Å². The van der Waals surface area contributed by atoms with Gasteiger partial charge in [0.2, 0.25) is 0 Å². The van der Waals surface area contributed by atoms with Crippen molar-refractivity contribution >= 4 is 0 Å². The summed E-state index contributed by atoms with van der Waals surface area (Å²) in [6, 6.07) is 0. The van der Waals surface area contributed by atoms with Crippen LogP contribution >= 0.6 is 0 Å². The summed E-state index contributed by atoms with van der Waals surface area (Å²) in [6.07, 6.45) is 4.97. The highest BCUT2D eigenvalue weighted by Crippen LogP contribution is 2.32. The molecule has 0 spiro atoms. The van der Waals surface area contributed by atoms with Crippen LogP contribution in [-0.2, 0) is 0 Å². The average Bonchev–Trinajstić information content (AvgIpc) is 1.88. The molecule has 58 valence electrons. The molecule has 0 aromatic carbocycles. The van der Waals surface area contributed by atoms with E-state index in [1.165, 1.54) is 19.3 Å². The van der Waals surface area contributed by atoms with E-state index in [1.54, 1.807) is 0 Å². The van der Waals surface area contributed by atoms with E-state index in [2.05, 4.69) is 13.5 Å². The van der Waals surface area contributed by atoms with Crippen LogP contribution in [0.15, 0.2) is 12.3 Å². The first kappa shape index (κ1) is 7.64. The molecule has 0 saturated heterocycles. The molecule has 1 aliphatic carbocycles. The highest BCUT2D eigenvalue weighted by molar-refractivity contribution is 4.93. The van der Waals surface area contributed by atoms with Crippen LogP contribution in [0, 0.1) is 11.8 Å². The fraction of sp³-hybridized carbons (Fsp3) is 0.778. The SMILES string of the molecule is C=C(O)C1CCCCC1C. The molecule has 0 heterocycles. The summed E-state index contributed by atoms with van der Waals surface area (Å²) in [5.41, 5.74) is 0. The topological polar surface area (TPSA) is 20.2 Å². The fourth-order valence-electron chi connectivity index (χ4n) is 1.81. The first-order valence-corrected chi connectivity index (χ1v) is 4.09. The molecular weight excluding hydrogens is 124 g/mol. The van der Waals surface area contributed by atoms with Gasteiger partial charge in [0, 0.05) is 5.92 Å². The average molecular weight is 140 g/mol.